The molecule has 0 spiro atoms. The van der Waals surface area contributed by atoms with Crippen LogP contribution in [-0.2, 0) is 4.79 Å². The van der Waals surface area contributed by atoms with E-state index in [-0.39, 0.29) is 12.5 Å². The molecule has 3 rings (SSSR count). The summed E-state index contributed by atoms with van der Waals surface area (Å²) in [5, 5.41) is 5.15. The number of ether oxygens (including phenoxy) is 3. The zero-order valence-electron chi connectivity index (χ0n) is 14.4. The lowest BCUT2D eigenvalue weighted by molar-refractivity contribution is -0.118. The fourth-order valence-corrected chi connectivity index (χ4v) is 2.81. The fraction of sp³-hybridized carbons (Fsp3) is 0.150. The van der Waals surface area contributed by atoms with Crippen LogP contribution in [-0.4, -0.2) is 26.7 Å². The molecular formula is C20H18ClNO4. The molecule has 1 N–H and O–H groups in total. The Morgan fingerprint density at radius 3 is 2.27 bits per heavy atom. The Morgan fingerprint density at radius 2 is 1.62 bits per heavy atom. The molecule has 0 saturated heterocycles. The maximum absolute atomic E-state index is 12.2. The molecule has 6 heteroatoms. The molecule has 3 aromatic carbocycles. The molecule has 1 amide bonds. The van der Waals surface area contributed by atoms with Gasteiger partial charge in [0, 0.05) is 39.7 Å². The van der Waals surface area contributed by atoms with Crippen LogP contribution in [0.3, 0.4) is 0 Å². The Morgan fingerprint density at radius 1 is 0.962 bits per heavy atom. The number of rotatable bonds is 6. The number of anilines is 1. The van der Waals surface area contributed by atoms with Crippen LogP contribution in [0.5, 0.6) is 17.2 Å². The van der Waals surface area contributed by atoms with Crippen LogP contribution >= 0.6 is 11.6 Å². The summed E-state index contributed by atoms with van der Waals surface area (Å²) in [5.41, 5.74) is 0.566. The Labute approximate surface area is 156 Å². The van der Waals surface area contributed by atoms with Gasteiger partial charge in [0.05, 0.1) is 14.2 Å². The van der Waals surface area contributed by atoms with E-state index in [1.165, 1.54) is 0 Å². The number of fused-ring (bicyclic) bond motifs is 1. The Balaban J connectivity index is 1.71. The zero-order valence-corrected chi connectivity index (χ0v) is 15.2. The zero-order chi connectivity index (χ0) is 18.5. The first-order chi connectivity index (χ1) is 12.6. The minimum absolute atomic E-state index is 0.134. The average molecular weight is 372 g/mol. The van der Waals surface area contributed by atoms with Gasteiger partial charge >= 0.3 is 0 Å². The molecule has 0 fully saturated rings. The van der Waals surface area contributed by atoms with Gasteiger partial charge in [-0.25, -0.2) is 0 Å². The van der Waals surface area contributed by atoms with Crippen LogP contribution in [0.4, 0.5) is 5.69 Å². The molecule has 0 heterocycles. The van der Waals surface area contributed by atoms with Gasteiger partial charge < -0.3 is 19.5 Å². The lowest BCUT2D eigenvalue weighted by atomic mass is 10.1. The fourth-order valence-electron chi connectivity index (χ4n) is 2.58. The van der Waals surface area contributed by atoms with Crippen LogP contribution in [0, 0.1) is 0 Å². The second-order valence-corrected chi connectivity index (χ2v) is 5.94. The highest BCUT2D eigenvalue weighted by Gasteiger charge is 2.10. The van der Waals surface area contributed by atoms with E-state index in [0.717, 1.165) is 10.8 Å². The standard InChI is InChI=1S/C20H18ClNO4/c1-24-14-9-13(10-15(11-14)25-2)22-20(23)12-26-19-8-7-18(21)16-5-3-4-6-17(16)19/h3-11H,12H2,1-2H3,(H,22,23). The van der Waals surface area contributed by atoms with E-state index in [1.54, 1.807) is 44.6 Å². The second-order valence-electron chi connectivity index (χ2n) is 5.53. The number of hydrogen-bond donors (Lipinski definition) is 1. The number of methoxy groups -OCH3 is 2. The highest BCUT2D eigenvalue weighted by atomic mass is 35.5. The van der Waals surface area contributed by atoms with E-state index in [0.29, 0.717) is 28.0 Å². The molecular weight excluding hydrogens is 354 g/mol. The molecule has 0 aliphatic carbocycles. The predicted molar refractivity (Wildman–Crippen MR) is 103 cm³/mol. The third-order valence-electron chi connectivity index (χ3n) is 3.82. The number of amides is 1. The summed E-state index contributed by atoms with van der Waals surface area (Å²) in [7, 11) is 3.10. The van der Waals surface area contributed by atoms with Gasteiger partial charge in [0.25, 0.3) is 5.91 Å². The summed E-state index contributed by atoms with van der Waals surface area (Å²) in [6.07, 6.45) is 0. The van der Waals surface area contributed by atoms with Crippen LogP contribution in [0.25, 0.3) is 10.8 Å². The van der Waals surface area contributed by atoms with Crippen molar-refractivity contribution >= 4 is 34.0 Å². The molecule has 0 aromatic heterocycles. The first-order valence-electron chi connectivity index (χ1n) is 7.93. The molecule has 0 unspecified atom stereocenters. The number of nitrogens with one attached hydrogen (secondary N) is 1. The van der Waals surface area contributed by atoms with E-state index in [2.05, 4.69) is 5.32 Å². The van der Waals surface area contributed by atoms with Gasteiger partial charge in [-0.3, -0.25) is 4.79 Å². The van der Waals surface area contributed by atoms with E-state index < -0.39 is 0 Å². The van der Waals surface area contributed by atoms with Crippen molar-refractivity contribution in [3.8, 4) is 17.2 Å². The van der Waals surface area contributed by atoms with E-state index >= 15 is 0 Å². The van der Waals surface area contributed by atoms with Crippen molar-refractivity contribution in [1.29, 1.82) is 0 Å². The largest absolute Gasteiger partial charge is 0.497 e. The molecule has 134 valence electrons. The molecule has 0 aliphatic rings. The van der Waals surface area contributed by atoms with Crippen molar-refractivity contribution in [3.05, 3.63) is 59.6 Å². The summed E-state index contributed by atoms with van der Waals surface area (Å²) in [5.74, 6) is 1.48. The smallest absolute Gasteiger partial charge is 0.262 e. The summed E-state index contributed by atoms with van der Waals surface area (Å²) in [4.78, 5) is 12.2. The first-order valence-corrected chi connectivity index (χ1v) is 8.31. The van der Waals surface area contributed by atoms with Crippen molar-refractivity contribution in [1.82, 2.24) is 0 Å². The topological polar surface area (TPSA) is 56.8 Å². The second kappa shape index (κ2) is 7.97. The summed E-state index contributed by atoms with van der Waals surface area (Å²) < 4.78 is 16.1. The average Bonchev–Trinajstić information content (AvgIpc) is 2.67. The monoisotopic (exact) mass is 371 g/mol. The third kappa shape index (κ3) is 4.00. The van der Waals surface area contributed by atoms with Crippen LogP contribution in [0.15, 0.2) is 54.6 Å². The number of carbonyl (C=O) groups is 1. The number of carbonyl (C=O) groups excluding carboxylic acids is 1. The predicted octanol–water partition coefficient (Wildman–Crippen LogP) is 4.53. The Hall–Kier alpha value is -2.92. The van der Waals surface area contributed by atoms with Gasteiger partial charge in [0.2, 0.25) is 0 Å². The van der Waals surface area contributed by atoms with Gasteiger partial charge in [0.15, 0.2) is 6.61 Å². The highest BCUT2D eigenvalue weighted by molar-refractivity contribution is 6.35. The van der Waals surface area contributed by atoms with Gasteiger partial charge in [-0.1, -0.05) is 35.9 Å². The molecule has 0 atom stereocenters. The first kappa shape index (κ1) is 17.9. The van der Waals surface area contributed by atoms with Crippen molar-refractivity contribution in [3.63, 3.8) is 0 Å². The number of halogens is 1. The highest BCUT2D eigenvalue weighted by Crippen LogP contribution is 2.31. The third-order valence-corrected chi connectivity index (χ3v) is 4.15. The summed E-state index contributed by atoms with van der Waals surface area (Å²) in [6.45, 7) is -0.134. The van der Waals surface area contributed by atoms with Gasteiger partial charge in [0.1, 0.15) is 17.2 Å². The normalized spacial score (nSPS) is 10.4. The minimum Gasteiger partial charge on any atom is -0.497 e. The van der Waals surface area contributed by atoms with Crippen molar-refractivity contribution in [2.24, 2.45) is 0 Å². The van der Waals surface area contributed by atoms with E-state index in [4.69, 9.17) is 25.8 Å². The molecule has 26 heavy (non-hydrogen) atoms. The van der Waals surface area contributed by atoms with Crippen LogP contribution < -0.4 is 19.5 Å². The molecule has 0 aliphatic heterocycles. The summed E-state index contributed by atoms with van der Waals surface area (Å²) in [6, 6.07) is 16.3. The SMILES string of the molecule is COc1cc(NC(=O)COc2ccc(Cl)c3ccccc23)cc(OC)c1. The molecule has 0 bridgehead atoms. The number of benzene rings is 3. The van der Waals surface area contributed by atoms with Gasteiger partial charge in [-0.15, -0.1) is 0 Å². The lowest BCUT2D eigenvalue weighted by Crippen LogP contribution is -2.20. The van der Waals surface area contributed by atoms with Crippen molar-refractivity contribution in [2.75, 3.05) is 26.1 Å². The quantitative estimate of drug-likeness (QED) is 0.691. The Bertz CT molecular complexity index is 920. The van der Waals surface area contributed by atoms with E-state index in [9.17, 15) is 4.79 Å². The van der Waals surface area contributed by atoms with E-state index in [1.807, 2.05) is 24.3 Å². The molecule has 5 nitrogen and oxygen atoms in total. The molecule has 0 saturated carbocycles. The maximum Gasteiger partial charge on any atom is 0.262 e. The van der Waals surface area contributed by atoms with Crippen LogP contribution in [0.1, 0.15) is 0 Å². The van der Waals surface area contributed by atoms with Crippen LogP contribution in [0.2, 0.25) is 5.02 Å². The minimum atomic E-state index is -0.292. The molecule has 0 radical (unpaired) electrons. The van der Waals surface area contributed by atoms with Crippen molar-refractivity contribution in [2.45, 2.75) is 0 Å². The lowest BCUT2D eigenvalue weighted by Gasteiger charge is -2.12. The number of hydrogen-bond acceptors (Lipinski definition) is 4. The summed E-state index contributed by atoms with van der Waals surface area (Å²) >= 11 is 6.20. The maximum atomic E-state index is 12.2. The molecule has 3 aromatic rings. The van der Waals surface area contributed by atoms with Crippen molar-refractivity contribution < 1.29 is 19.0 Å². The van der Waals surface area contributed by atoms with Gasteiger partial charge in [-0.2, -0.15) is 0 Å². The Kier molecular flexibility index (Phi) is 5.49. The van der Waals surface area contributed by atoms with Gasteiger partial charge in [-0.05, 0) is 12.1 Å².